The number of rotatable bonds is 3. The molecule has 0 heterocycles. The molecule has 0 aromatic carbocycles. The van der Waals surface area contributed by atoms with Crippen molar-refractivity contribution in [2.24, 2.45) is 5.41 Å². The number of carbonyl (C=O) groups excluding carboxylic acids is 1. The summed E-state index contributed by atoms with van der Waals surface area (Å²) in [6.07, 6.45) is 0. The predicted octanol–water partition coefficient (Wildman–Crippen LogP) is 1.88. The van der Waals surface area contributed by atoms with Gasteiger partial charge >= 0.3 is 0 Å². The lowest BCUT2D eigenvalue weighted by Crippen LogP contribution is -2.44. The van der Waals surface area contributed by atoms with Gasteiger partial charge < -0.3 is 10.2 Å². The first-order chi connectivity index (χ1) is 6.54. The molecular formula is C12H26N2O. The highest BCUT2D eigenvalue weighted by molar-refractivity contribution is 5.81. The lowest BCUT2D eigenvalue weighted by Gasteiger charge is -2.28. The van der Waals surface area contributed by atoms with Gasteiger partial charge in [-0.25, -0.2) is 0 Å². The van der Waals surface area contributed by atoms with Crippen molar-refractivity contribution in [3.8, 4) is 0 Å². The Labute approximate surface area is 94.2 Å². The van der Waals surface area contributed by atoms with Crippen molar-refractivity contribution >= 4 is 5.91 Å². The molecule has 0 saturated heterocycles. The minimum atomic E-state index is -0.281. The minimum Gasteiger partial charge on any atom is -0.344 e. The first kappa shape index (κ1) is 14.4. The van der Waals surface area contributed by atoms with Crippen LogP contribution in [0.2, 0.25) is 0 Å². The van der Waals surface area contributed by atoms with Gasteiger partial charge in [0.1, 0.15) is 0 Å². The van der Waals surface area contributed by atoms with Crippen molar-refractivity contribution in [3.05, 3.63) is 0 Å². The normalized spacial score (nSPS) is 12.7. The summed E-state index contributed by atoms with van der Waals surface area (Å²) in [6, 6.07) is 0. The van der Waals surface area contributed by atoms with Crippen LogP contribution in [0.25, 0.3) is 0 Å². The summed E-state index contributed by atoms with van der Waals surface area (Å²) in [6.45, 7) is 13.8. The van der Waals surface area contributed by atoms with E-state index < -0.39 is 0 Å². The van der Waals surface area contributed by atoms with Crippen molar-refractivity contribution in [1.82, 2.24) is 10.2 Å². The summed E-state index contributed by atoms with van der Waals surface area (Å²) in [5.41, 5.74) is -0.165. The third-order valence-corrected chi connectivity index (χ3v) is 2.09. The van der Waals surface area contributed by atoms with Crippen LogP contribution in [0.15, 0.2) is 0 Å². The molecule has 0 bridgehead atoms. The molecule has 0 radical (unpaired) electrons. The Morgan fingerprint density at radius 1 is 1.13 bits per heavy atom. The summed E-state index contributed by atoms with van der Waals surface area (Å²) in [5, 5.41) is 3.37. The van der Waals surface area contributed by atoms with E-state index in [0.717, 1.165) is 13.1 Å². The van der Waals surface area contributed by atoms with E-state index in [0.29, 0.717) is 0 Å². The third kappa shape index (κ3) is 6.50. The van der Waals surface area contributed by atoms with Crippen LogP contribution in [0.3, 0.4) is 0 Å². The molecule has 90 valence electrons. The van der Waals surface area contributed by atoms with Crippen LogP contribution in [-0.2, 0) is 4.79 Å². The zero-order chi connectivity index (χ0) is 12.3. The lowest BCUT2D eigenvalue weighted by molar-refractivity contribution is -0.138. The summed E-state index contributed by atoms with van der Waals surface area (Å²) in [5.74, 6) is 0.193. The molecule has 1 amide bonds. The van der Waals surface area contributed by atoms with Gasteiger partial charge in [0.25, 0.3) is 0 Å². The van der Waals surface area contributed by atoms with Gasteiger partial charge in [0.2, 0.25) is 5.91 Å². The molecule has 1 N–H and O–H groups in total. The SMILES string of the molecule is CN(CCNC(C)(C)C)C(=O)C(C)(C)C. The van der Waals surface area contributed by atoms with Crippen molar-refractivity contribution in [1.29, 1.82) is 0 Å². The van der Waals surface area contributed by atoms with Gasteiger partial charge in [-0.05, 0) is 20.8 Å². The molecule has 0 atom stereocenters. The molecule has 0 rings (SSSR count). The van der Waals surface area contributed by atoms with Gasteiger partial charge in [0.15, 0.2) is 0 Å². The quantitative estimate of drug-likeness (QED) is 0.778. The maximum absolute atomic E-state index is 11.8. The van der Waals surface area contributed by atoms with Crippen LogP contribution >= 0.6 is 0 Å². The first-order valence-corrected chi connectivity index (χ1v) is 5.54. The van der Waals surface area contributed by atoms with E-state index in [9.17, 15) is 4.79 Å². The fraction of sp³-hybridized carbons (Fsp3) is 0.917. The predicted molar refractivity (Wildman–Crippen MR) is 64.8 cm³/mol. The second kappa shape index (κ2) is 4.97. The Morgan fingerprint density at radius 3 is 1.93 bits per heavy atom. The van der Waals surface area contributed by atoms with Crippen LogP contribution in [-0.4, -0.2) is 36.5 Å². The molecule has 0 aromatic rings. The Hall–Kier alpha value is -0.570. The fourth-order valence-electron chi connectivity index (χ4n) is 1.27. The summed E-state index contributed by atoms with van der Waals surface area (Å²) in [7, 11) is 1.86. The lowest BCUT2D eigenvalue weighted by atomic mass is 9.95. The average Bonchev–Trinajstić information content (AvgIpc) is 1.98. The Bertz CT molecular complexity index is 211. The number of carbonyl (C=O) groups is 1. The van der Waals surface area contributed by atoms with Gasteiger partial charge in [-0.1, -0.05) is 20.8 Å². The van der Waals surface area contributed by atoms with Crippen LogP contribution in [0.1, 0.15) is 41.5 Å². The second-order valence-electron chi connectivity index (χ2n) is 6.15. The van der Waals surface area contributed by atoms with E-state index in [1.165, 1.54) is 0 Å². The number of nitrogens with zero attached hydrogens (tertiary/aromatic N) is 1. The molecule has 0 aliphatic carbocycles. The number of likely N-dealkylation sites (N-methyl/N-ethyl adjacent to an activating group) is 1. The van der Waals surface area contributed by atoms with E-state index in [2.05, 4.69) is 26.1 Å². The van der Waals surface area contributed by atoms with E-state index in [1.54, 1.807) is 4.90 Å². The highest BCUT2D eigenvalue weighted by Gasteiger charge is 2.24. The largest absolute Gasteiger partial charge is 0.344 e. The average molecular weight is 214 g/mol. The third-order valence-electron chi connectivity index (χ3n) is 2.09. The molecule has 3 nitrogen and oxygen atoms in total. The maximum Gasteiger partial charge on any atom is 0.227 e. The minimum absolute atomic E-state index is 0.117. The van der Waals surface area contributed by atoms with E-state index in [4.69, 9.17) is 0 Å². The van der Waals surface area contributed by atoms with Gasteiger partial charge in [0, 0.05) is 31.1 Å². The zero-order valence-corrected chi connectivity index (χ0v) is 11.3. The number of nitrogens with one attached hydrogen (secondary N) is 1. The Morgan fingerprint density at radius 2 is 1.60 bits per heavy atom. The molecule has 0 aliphatic heterocycles. The highest BCUT2D eigenvalue weighted by atomic mass is 16.2. The van der Waals surface area contributed by atoms with Gasteiger partial charge in [-0.3, -0.25) is 4.79 Å². The van der Waals surface area contributed by atoms with Crippen molar-refractivity contribution in [2.75, 3.05) is 20.1 Å². The standard InChI is InChI=1S/C12H26N2O/c1-11(2,3)10(15)14(7)9-8-13-12(4,5)6/h13H,8-9H2,1-7H3. The summed E-state index contributed by atoms with van der Waals surface area (Å²) >= 11 is 0. The van der Waals surface area contributed by atoms with Crippen molar-refractivity contribution in [3.63, 3.8) is 0 Å². The van der Waals surface area contributed by atoms with Crippen LogP contribution in [0.4, 0.5) is 0 Å². The van der Waals surface area contributed by atoms with Crippen molar-refractivity contribution < 1.29 is 4.79 Å². The molecular weight excluding hydrogens is 188 g/mol. The van der Waals surface area contributed by atoms with Crippen LogP contribution in [0, 0.1) is 5.41 Å². The number of hydrogen-bond acceptors (Lipinski definition) is 2. The molecule has 15 heavy (non-hydrogen) atoms. The number of amides is 1. The molecule has 3 heteroatoms. The molecule has 0 unspecified atom stereocenters. The monoisotopic (exact) mass is 214 g/mol. The van der Waals surface area contributed by atoms with Crippen molar-refractivity contribution in [2.45, 2.75) is 47.1 Å². The molecule has 0 aliphatic rings. The van der Waals surface area contributed by atoms with E-state index in [1.807, 2.05) is 27.8 Å². The van der Waals surface area contributed by atoms with Gasteiger partial charge in [-0.2, -0.15) is 0 Å². The first-order valence-electron chi connectivity index (χ1n) is 5.54. The van der Waals surface area contributed by atoms with Gasteiger partial charge in [0.05, 0.1) is 0 Å². The fourth-order valence-corrected chi connectivity index (χ4v) is 1.27. The molecule has 0 spiro atoms. The highest BCUT2D eigenvalue weighted by Crippen LogP contribution is 2.15. The molecule has 0 saturated carbocycles. The van der Waals surface area contributed by atoms with Crippen LogP contribution in [0.5, 0.6) is 0 Å². The van der Waals surface area contributed by atoms with Gasteiger partial charge in [-0.15, -0.1) is 0 Å². The topological polar surface area (TPSA) is 32.3 Å². The van der Waals surface area contributed by atoms with Crippen LogP contribution < -0.4 is 5.32 Å². The summed E-state index contributed by atoms with van der Waals surface area (Å²) in [4.78, 5) is 13.6. The van der Waals surface area contributed by atoms with E-state index in [-0.39, 0.29) is 16.9 Å². The second-order valence-corrected chi connectivity index (χ2v) is 6.15. The zero-order valence-electron chi connectivity index (χ0n) is 11.3. The maximum atomic E-state index is 11.8. The smallest absolute Gasteiger partial charge is 0.227 e. The summed E-state index contributed by atoms with van der Waals surface area (Å²) < 4.78 is 0. The Balaban J connectivity index is 3.96. The van der Waals surface area contributed by atoms with E-state index >= 15 is 0 Å². The Kier molecular flexibility index (Phi) is 4.78. The number of hydrogen-bond donors (Lipinski definition) is 1. The molecule has 0 aromatic heterocycles. The molecule has 0 fully saturated rings.